The number of fused-ring (bicyclic) bond motifs is 4. The molecular weight excluding hydrogens is 439 g/mol. The summed E-state index contributed by atoms with van der Waals surface area (Å²) in [5.41, 5.74) is 10.1. The van der Waals surface area contributed by atoms with Gasteiger partial charge in [0.15, 0.2) is 0 Å². The van der Waals surface area contributed by atoms with E-state index >= 15 is 4.39 Å². The van der Waals surface area contributed by atoms with Gasteiger partial charge in [-0.25, -0.2) is 9.37 Å². The number of pyridine rings is 1. The van der Waals surface area contributed by atoms with Crippen molar-refractivity contribution in [3.63, 3.8) is 0 Å². The van der Waals surface area contributed by atoms with Crippen LogP contribution in [0.25, 0.3) is 10.2 Å². The van der Waals surface area contributed by atoms with Crippen LogP contribution >= 0.6 is 11.3 Å². The molecule has 5 heterocycles. The van der Waals surface area contributed by atoms with E-state index in [1.165, 1.54) is 24.2 Å². The largest absolute Gasteiger partial charge is 0.491 e. The van der Waals surface area contributed by atoms with Crippen LogP contribution in [0.15, 0.2) is 18.2 Å². The van der Waals surface area contributed by atoms with Crippen LogP contribution in [0.2, 0.25) is 0 Å². The molecule has 0 unspecified atom stereocenters. The van der Waals surface area contributed by atoms with E-state index in [1.54, 1.807) is 6.07 Å². The number of carbonyl (C=O) groups is 1. The topological polar surface area (TPSA) is 80.5 Å². The zero-order valence-electron chi connectivity index (χ0n) is 18.8. The van der Waals surface area contributed by atoms with E-state index in [9.17, 15) is 4.79 Å². The molecule has 2 bridgehead atoms. The number of thiophene rings is 1. The highest BCUT2D eigenvalue weighted by molar-refractivity contribution is 7.21. The predicted octanol–water partition coefficient (Wildman–Crippen LogP) is 4.21. The van der Waals surface area contributed by atoms with Gasteiger partial charge in [-0.15, -0.1) is 11.3 Å². The van der Waals surface area contributed by atoms with Crippen LogP contribution in [0, 0.1) is 31.5 Å². The van der Waals surface area contributed by atoms with Crippen molar-refractivity contribution in [3.8, 4) is 5.75 Å². The molecule has 3 aliphatic heterocycles. The number of anilines is 2. The number of aryl methyl sites for hydroxylation is 2. The number of hydrogen-bond donors (Lipinski definition) is 2. The minimum absolute atomic E-state index is 0.266. The third kappa shape index (κ3) is 3.51. The van der Waals surface area contributed by atoms with Crippen LogP contribution in [0.3, 0.4) is 0 Å². The van der Waals surface area contributed by atoms with Crippen LogP contribution in [-0.4, -0.2) is 36.6 Å². The molecule has 0 spiro atoms. The van der Waals surface area contributed by atoms with Crippen molar-refractivity contribution in [2.45, 2.75) is 39.2 Å². The SMILES string of the molecule is Cc1cc(C)c2c(N)c(C(=O)N[C@H]3COc4cc(N5CC6CC(C6)C5)cc(F)c4C3)sc2n1. The molecule has 4 aliphatic rings. The van der Waals surface area contributed by atoms with Crippen molar-refractivity contribution >= 4 is 38.8 Å². The predicted molar refractivity (Wildman–Crippen MR) is 129 cm³/mol. The third-order valence-electron chi connectivity index (χ3n) is 7.25. The second kappa shape index (κ2) is 7.58. The number of amides is 1. The van der Waals surface area contributed by atoms with Gasteiger partial charge >= 0.3 is 0 Å². The summed E-state index contributed by atoms with van der Waals surface area (Å²) in [6.07, 6.45) is 3.00. The number of rotatable bonds is 3. The molecule has 6 nitrogen and oxygen atoms in total. The van der Waals surface area contributed by atoms with Gasteiger partial charge in [-0.2, -0.15) is 0 Å². The summed E-state index contributed by atoms with van der Waals surface area (Å²) in [5.74, 6) is 1.54. The molecule has 33 heavy (non-hydrogen) atoms. The summed E-state index contributed by atoms with van der Waals surface area (Å²) in [4.78, 5) is 21.0. The number of hydrogen-bond acceptors (Lipinski definition) is 6. The highest BCUT2D eigenvalue weighted by Gasteiger charge is 2.37. The van der Waals surface area contributed by atoms with Gasteiger partial charge in [0.05, 0.1) is 11.7 Å². The van der Waals surface area contributed by atoms with Crippen molar-refractivity contribution in [1.29, 1.82) is 0 Å². The number of nitrogen functional groups attached to an aromatic ring is 1. The quantitative estimate of drug-likeness (QED) is 0.604. The highest BCUT2D eigenvalue weighted by atomic mass is 32.1. The molecule has 1 saturated carbocycles. The Morgan fingerprint density at radius 3 is 2.76 bits per heavy atom. The Labute approximate surface area is 195 Å². The standard InChI is InChI=1S/C25H27FN4O2S/c1-12-3-13(2)28-25-21(12)22(27)23(33-25)24(31)29-16-6-18-19(26)7-17(8-20(18)32-11-16)30-9-14-4-15(5-14)10-30/h3,7-8,14-16H,4-6,9-11,27H2,1-2H3,(H,29,31)/t14?,15?,16-/m1/s1. The summed E-state index contributed by atoms with van der Waals surface area (Å²) >= 11 is 1.29. The van der Waals surface area contributed by atoms with Gasteiger partial charge in [0.1, 0.15) is 27.9 Å². The molecule has 172 valence electrons. The Bertz CT molecular complexity index is 1270. The lowest BCUT2D eigenvalue weighted by Gasteiger charge is -2.48. The maximum Gasteiger partial charge on any atom is 0.263 e. The van der Waals surface area contributed by atoms with E-state index in [4.69, 9.17) is 10.5 Å². The number of benzene rings is 1. The van der Waals surface area contributed by atoms with Gasteiger partial charge in [-0.05, 0) is 56.2 Å². The Kier molecular flexibility index (Phi) is 4.76. The summed E-state index contributed by atoms with van der Waals surface area (Å²) in [6.45, 7) is 6.19. The average molecular weight is 467 g/mol. The number of aromatic nitrogens is 1. The fourth-order valence-corrected chi connectivity index (χ4v) is 6.78. The summed E-state index contributed by atoms with van der Waals surface area (Å²) < 4.78 is 21.0. The zero-order chi connectivity index (χ0) is 22.9. The van der Waals surface area contributed by atoms with Gasteiger partial charge in [-0.3, -0.25) is 4.79 Å². The molecule has 1 amide bonds. The highest BCUT2D eigenvalue weighted by Crippen LogP contribution is 2.42. The van der Waals surface area contributed by atoms with Gasteiger partial charge in [0.25, 0.3) is 5.91 Å². The number of halogens is 1. The molecule has 2 aromatic heterocycles. The Balaban J connectivity index is 1.20. The lowest BCUT2D eigenvalue weighted by molar-refractivity contribution is 0.0919. The normalized spacial score (nSPS) is 23.6. The minimum Gasteiger partial charge on any atom is -0.491 e. The zero-order valence-corrected chi connectivity index (χ0v) is 19.6. The average Bonchev–Trinajstić information content (AvgIpc) is 3.10. The maximum atomic E-state index is 15.1. The van der Waals surface area contributed by atoms with Gasteiger partial charge in [0, 0.05) is 47.9 Å². The molecule has 1 aromatic carbocycles. The fraction of sp³-hybridized carbons (Fsp3) is 0.440. The van der Waals surface area contributed by atoms with Gasteiger partial charge in [-0.1, -0.05) is 0 Å². The van der Waals surface area contributed by atoms with E-state index in [0.29, 0.717) is 34.9 Å². The molecule has 3 fully saturated rings. The molecule has 8 heteroatoms. The van der Waals surface area contributed by atoms with Crippen molar-refractivity contribution < 1.29 is 13.9 Å². The number of nitrogens with one attached hydrogen (secondary N) is 1. The number of carbonyl (C=O) groups excluding carboxylic acids is 1. The van der Waals surface area contributed by atoms with Gasteiger partial charge in [0.2, 0.25) is 0 Å². The summed E-state index contributed by atoms with van der Waals surface area (Å²) in [7, 11) is 0. The van der Waals surface area contributed by atoms with Crippen molar-refractivity contribution in [2.75, 3.05) is 30.3 Å². The maximum absolute atomic E-state index is 15.1. The first-order chi connectivity index (χ1) is 15.9. The molecule has 7 rings (SSSR count). The molecule has 2 saturated heterocycles. The number of nitrogens with two attached hydrogens (primary N) is 1. The van der Waals surface area contributed by atoms with Crippen LogP contribution in [-0.2, 0) is 6.42 Å². The molecule has 1 aliphatic carbocycles. The number of piperidine rings is 2. The number of ether oxygens (including phenoxy) is 1. The smallest absolute Gasteiger partial charge is 0.263 e. The van der Waals surface area contributed by atoms with Crippen molar-refractivity contribution in [1.82, 2.24) is 10.3 Å². The van der Waals surface area contributed by atoms with E-state index < -0.39 is 0 Å². The third-order valence-corrected chi connectivity index (χ3v) is 8.35. The number of nitrogens with zero attached hydrogens (tertiary/aromatic N) is 2. The fourth-order valence-electron chi connectivity index (χ4n) is 5.66. The minimum atomic E-state index is -0.326. The first-order valence-corrected chi connectivity index (χ1v) is 12.3. The van der Waals surface area contributed by atoms with Gasteiger partial charge < -0.3 is 20.7 Å². The molecular formula is C25H27FN4O2S. The van der Waals surface area contributed by atoms with Crippen LogP contribution < -0.4 is 20.7 Å². The molecule has 0 radical (unpaired) electrons. The van der Waals surface area contributed by atoms with Crippen molar-refractivity contribution in [3.05, 3.63) is 45.7 Å². The lowest BCUT2D eigenvalue weighted by atomic mass is 9.71. The van der Waals surface area contributed by atoms with Crippen LogP contribution in [0.5, 0.6) is 5.75 Å². The summed E-state index contributed by atoms with van der Waals surface area (Å²) in [5, 5.41) is 3.82. The molecule has 1 atom stereocenters. The Morgan fingerprint density at radius 2 is 2.00 bits per heavy atom. The van der Waals surface area contributed by atoms with Crippen molar-refractivity contribution in [2.24, 2.45) is 11.8 Å². The summed E-state index contributed by atoms with van der Waals surface area (Å²) in [6, 6.07) is 5.22. The lowest BCUT2D eigenvalue weighted by Crippen LogP contribution is -2.48. The molecule has 3 aromatic rings. The molecule has 3 N–H and O–H groups in total. The first-order valence-electron chi connectivity index (χ1n) is 11.5. The van der Waals surface area contributed by atoms with E-state index in [-0.39, 0.29) is 17.8 Å². The monoisotopic (exact) mass is 466 g/mol. The van der Waals surface area contributed by atoms with Crippen LogP contribution in [0.1, 0.15) is 39.3 Å². The Morgan fingerprint density at radius 1 is 1.24 bits per heavy atom. The van der Waals surface area contributed by atoms with E-state index in [2.05, 4.69) is 15.2 Å². The van der Waals surface area contributed by atoms with E-state index in [0.717, 1.165) is 52.1 Å². The second-order valence-corrected chi connectivity index (χ2v) is 10.8. The Hall–Kier alpha value is -2.87. The van der Waals surface area contributed by atoms with E-state index in [1.807, 2.05) is 26.0 Å². The second-order valence-electron chi connectivity index (χ2n) is 9.80. The van der Waals surface area contributed by atoms with Crippen LogP contribution in [0.4, 0.5) is 15.8 Å². The first kappa shape index (κ1) is 20.7.